The van der Waals surface area contributed by atoms with Gasteiger partial charge in [0.2, 0.25) is 0 Å². The van der Waals surface area contributed by atoms with E-state index in [9.17, 15) is 10.0 Å². The normalized spacial score (nSPS) is 50.0. The Kier molecular flexibility index (Phi) is 2.83. The topological polar surface area (TPSA) is 79.1 Å². The number of nitrogens with zero attached hydrogens (tertiary/aromatic N) is 1. The number of hydrogen-bond donors (Lipinski definition) is 2. The Morgan fingerprint density at radius 2 is 2.27 bits per heavy atom. The molecule has 1 heterocycles. The summed E-state index contributed by atoms with van der Waals surface area (Å²) in [7, 11) is 1.85. The van der Waals surface area contributed by atoms with Crippen LogP contribution in [0.1, 0.15) is 19.3 Å². The molecule has 84 valence electrons. The summed E-state index contributed by atoms with van der Waals surface area (Å²) in [4.78, 5) is 10.8. The SMILES string of the molecule is BC1OC(CO)CC12C(O)CCC2N=O. The van der Waals surface area contributed by atoms with Gasteiger partial charge in [-0.15, -0.1) is 0 Å². The number of rotatable bonds is 2. The maximum absolute atomic E-state index is 10.8. The minimum absolute atomic E-state index is 0.0651. The standard InChI is InChI=1S/C9H16BNO4/c10-8-9(3-5(4-12)15-8)6(11-14)1-2-7(9)13/h5-8,12-13H,1-4,10H2. The second-order valence-electron chi connectivity index (χ2n) is 4.61. The van der Waals surface area contributed by atoms with E-state index in [0.717, 1.165) is 0 Å². The van der Waals surface area contributed by atoms with Gasteiger partial charge in [0.15, 0.2) is 0 Å². The van der Waals surface area contributed by atoms with Gasteiger partial charge in [0, 0.05) is 11.4 Å². The lowest BCUT2D eigenvalue weighted by atomic mass is 9.67. The lowest BCUT2D eigenvalue weighted by Gasteiger charge is -2.33. The van der Waals surface area contributed by atoms with E-state index in [2.05, 4.69) is 5.18 Å². The molecule has 5 atom stereocenters. The Hall–Kier alpha value is -0.455. The second-order valence-corrected chi connectivity index (χ2v) is 4.61. The van der Waals surface area contributed by atoms with Crippen LogP contribution in [-0.2, 0) is 4.74 Å². The average molecular weight is 213 g/mol. The molecule has 2 fully saturated rings. The third-order valence-corrected chi connectivity index (χ3v) is 4.02. The fourth-order valence-corrected chi connectivity index (χ4v) is 3.17. The Morgan fingerprint density at radius 3 is 2.80 bits per heavy atom. The molecule has 2 rings (SSSR count). The summed E-state index contributed by atoms with van der Waals surface area (Å²) in [6.07, 6.45) is 0.949. The number of nitroso groups, excluding NO2 is 1. The summed E-state index contributed by atoms with van der Waals surface area (Å²) in [6, 6.07) is -0.589. The molecule has 1 saturated carbocycles. The van der Waals surface area contributed by atoms with Crippen molar-refractivity contribution in [3.05, 3.63) is 4.91 Å². The van der Waals surface area contributed by atoms with Crippen molar-refractivity contribution >= 4 is 7.85 Å². The molecule has 0 radical (unpaired) electrons. The summed E-state index contributed by atoms with van der Waals surface area (Å²) in [6.45, 7) is -0.0651. The highest BCUT2D eigenvalue weighted by Crippen LogP contribution is 2.51. The molecular weight excluding hydrogens is 197 g/mol. The quantitative estimate of drug-likeness (QED) is 0.455. The van der Waals surface area contributed by atoms with E-state index < -0.39 is 11.5 Å². The number of aliphatic hydroxyl groups excluding tert-OH is 2. The van der Waals surface area contributed by atoms with Crippen LogP contribution in [0.15, 0.2) is 5.18 Å². The highest BCUT2D eigenvalue weighted by atomic mass is 16.5. The molecule has 0 aromatic heterocycles. The van der Waals surface area contributed by atoms with Gasteiger partial charge in [0.05, 0.1) is 18.8 Å². The van der Waals surface area contributed by atoms with Gasteiger partial charge in [-0.3, -0.25) is 0 Å². The van der Waals surface area contributed by atoms with E-state index in [1.807, 2.05) is 7.85 Å². The van der Waals surface area contributed by atoms with E-state index in [0.29, 0.717) is 19.3 Å². The first-order chi connectivity index (χ1) is 7.15. The summed E-state index contributed by atoms with van der Waals surface area (Å²) >= 11 is 0. The van der Waals surface area contributed by atoms with Crippen molar-refractivity contribution in [3.8, 4) is 0 Å². The summed E-state index contributed by atoms with van der Waals surface area (Å²) in [5, 5.41) is 22.2. The van der Waals surface area contributed by atoms with E-state index in [1.54, 1.807) is 0 Å². The van der Waals surface area contributed by atoms with Crippen molar-refractivity contribution in [2.45, 2.75) is 43.5 Å². The van der Waals surface area contributed by atoms with Gasteiger partial charge in [0.1, 0.15) is 13.9 Å². The third-order valence-electron chi connectivity index (χ3n) is 4.02. The van der Waals surface area contributed by atoms with Gasteiger partial charge in [-0.05, 0) is 19.3 Å². The van der Waals surface area contributed by atoms with Crippen LogP contribution in [0.5, 0.6) is 0 Å². The molecule has 5 nitrogen and oxygen atoms in total. The van der Waals surface area contributed by atoms with Crippen molar-refractivity contribution < 1.29 is 14.9 Å². The molecule has 2 N–H and O–H groups in total. The van der Waals surface area contributed by atoms with Gasteiger partial charge in [-0.25, -0.2) is 0 Å². The predicted molar refractivity (Wildman–Crippen MR) is 56.2 cm³/mol. The van der Waals surface area contributed by atoms with Gasteiger partial charge in [-0.2, -0.15) is 4.91 Å². The maximum atomic E-state index is 10.8. The molecule has 1 spiro atoms. The second kappa shape index (κ2) is 3.85. The molecule has 1 aliphatic heterocycles. The first-order valence-electron chi connectivity index (χ1n) is 5.42. The summed E-state index contributed by atoms with van der Waals surface area (Å²) < 4.78 is 5.54. The van der Waals surface area contributed by atoms with Crippen molar-refractivity contribution in [1.82, 2.24) is 0 Å². The molecule has 15 heavy (non-hydrogen) atoms. The van der Waals surface area contributed by atoms with Crippen LogP contribution in [0, 0.1) is 10.3 Å². The Morgan fingerprint density at radius 1 is 1.53 bits per heavy atom. The molecule has 6 heteroatoms. The van der Waals surface area contributed by atoms with Crippen molar-refractivity contribution in [1.29, 1.82) is 0 Å². The zero-order valence-electron chi connectivity index (χ0n) is 8.80. The predicted octanol–water partition coefficient (Wildman–Crippen LogP) is -0.997. The fraction of sp³-hybridized carbons (Fsp3) is 1.00. The van der Waals surface area contributed by atoms with Crippen LogP contribution in [0.2, 0.25) is 0 Å². The number of hydrogen-bond acceptors (Lipinski definition) is 5. The molecule has 0 aromatic rings. The van der Waals surface area contributed by atoms with Crippen LogP contribution in [-0.4, -0.2) is 48.9 Å². The largest absolute Gasteiger partial charge is 0.394 e. The first kappa shape index (κ1) is 11.0. The van der Waals surface area contributed by atoms with Crippen LogP contribution >= 0.6 is 0 Å². The van der Waals surface area contributed by atoms with Crippen molar-refractivity contribution in [3.63, 3.8) is 0 Å². The molecule has 1 saturated heterocycles. The number of ether oxygens (including phenoxy) is 1. The van der Waals surface area contributed by atoms with Gasteiger partial charge in [-0.1, -0.05) is 5.18 Å². The Balaban J connectivity index is 2.26. The van der Waals surface area contributed by atoms with Crippen LogP contribution < -0.4 is 0 Å². The van der Waals surface area contributed by atoms with E-state index in [-0.39, 0.29) is 24.8 Å². The van der Waals surface area contributed by atoms with E-state index >= 15 is 0 Å². The average Bonchev–Trinajstić information content (AvgIpc) is 2.73. The minimum Gasteiger partial charge on any atom is -0.394 e. The fourth-order valence-electron chi connectivity index (χ4n) is 3.17. The van der Waals surface area contributed by atoms with E-state index in [4.69, 9.17) is 9.84 Å². The highest BCUT2D eigenvalue weighted by Gasteiger charge is 2.59. The lowest BCUT2D eigenvalue weighted by Crippen LogP contribution is -2.45. The third kappa shape index (κ3) is 1.43. The Bertz CT molecular complexity index is 264. The van der Waals surface area contributed by atoms with Gasteiger partial charge in [0.25, 0.3) is 0 Å². The van der Waals surface area contributed by atoms with Gasteiger partial charge < -0.3 is 14.9 Å². The first-order valence-corrected chi connectivity index (χ1v) is 5.42. The van der Waals surface area contributed by atoms with E-state index in [1.165, 1.54) is 0 Å². The van der Waals surface area contributed by atoms with Crippen LogP contribution in [0.4, 0.5) is 0 Å². The monoisotopic (exact) mass is 213 g/mol. The Labute approximate surface area is 89.2 Å². The zero-order valence-corrected chi connectivity index (χ0v) is 8.80. The maximum Gasteiger partial charge on any atom is 0.140 e. The molecule has 2 aliphatic rings. The number of aliphatic hydroxyl groups is 2. The van der Waals surface area contributed by atoms with Crippen molar-refractivity contribution in [2.24, 2.45) is 10.6 Å². The smallest absolute Gasteiger partial charge is 0.140 e. The van der Waals surface area contributed by atoms with Crippen molar-refractivity contribution in [2.75, 3.05) is 6.61 Å². The summed E-state index contributed by atoms with van der Waals surface area (Å²) in [5.74, 6) is 0. The lowest BCUT2D eigenvalue weighted by molar-refractivity contribution is -0.00235. The minimum atomic E-state index is -0.560. The molecule has 1 aliphatic carbocycles. The molecule has 0 amide bonds. The van der Waals surface area contributed by atoms with Crippen LogP contribution in [0.25, 0.3) is 0 Å². The van der Waals surface area contributed by atoms with Gasteiger partial charge >= 0.3 is 0 Å². The van der Waals surface area contributed by atoms with Crippen LogP contribution in [0.3, 0.4) is 0 Å². The molecular formula is C9H16BNO4. The summed E-state index contributed by atoms with van der Waals surface area (Å²) in [5.41, 5.74) is -0.560. The molecule has 0 bridgehead atoms. The molecule has 5 unspecified atom stereocenters. The molecule has 0 aromatic carbocycles. The highest BCUT2D eigenvalue weighted by molar-refractivity contribution is 6.12. The zero-order chi connectivity index (χ0) is 11.1.